The molecule has 11 aromatic carbocycles. The first kappa shape index (κ1) is 29.5. The van der Waals surface area contributed by atoms with Crippen LogP contribution in [0.5, 0.6) is 0 Å². The van der Waals surface area contributed by atoms with Crippen molar-refractivity contribution < 1.29 is 0 Å². The Bertz CT molecular complexity index is 3560. The number of benzene rings is 11. The Kier molecular flexibility index (Phi) is 6.12. The van der Waals surface area contributed by atoms with Gasteiger partial charge in [0.15, 0.2) is 0 Å². The average molecular weight is 682 g/mol. The van der Waals surface area contributed by atoms with E-state index in [1.807, 2.05) is 0 Å². The Morgan fingerprint density at radius 1 is 0.259 bits per heavy atom. The van der Waals surface area contributed by atoms with E-state index in [4.69, 9.17) is 4.98 Å². The molecule has 0 atom stereocenters. The zero-order chi connectivity index (χ0) is 35.3. The lowest BCUT2D eigenvalue weighted by Crippen LogP contribution is -1.96. The summed E-state index contributed by atoms with van der Waals surface area (Å²) in [4.78, 5) is 5.20. The highest BCUT2D eigenvalue weighted by atomic mass is 14.7. The molecule has 0 radical (unpaired) electrons. The van der Waals surface area contributed by atoms with Crippen LogP contribution in [-0.2, 0) is 0 Å². The van der Waals surface area contributed by atoms with Crippen LogP contribution in [0.3, 0.4) is 0 Å². The summed E-state index contributed by atoms with van der Waals surface area (Å²) >= 11 is 0. The molecule has 54 heavy (non-hydrogen) atoms. The van der Waals surface area contributed by atoms with Crippen molar-refractivity contribution in [2.24, 2.45) is 0 Å². The molecule has 0 aliphatic carbocycles. The molecule has 1 nitrogen and oxygen atoms in total. The van der Waals surface area contributed by atoms with Gasteiger partial charge in [0.05, 0.1) is 5.52 Å². The van der Waals surface area contributed by atoms with Crippen LogP contribution in [0, 0.1) is 0 Å². The first-order chi connectivity index (χ1) is 26.8. The van der Waals surface area contributed by atoms with Gasteiger partial charge in [-0.2, -0.15) is 0 Å². The van der Waals surface area contributed by atoms with Crippen LogP contribution in [0.15, 0.2) is 188 Å². The van der Waals surface area contributed by atoms with E-state index in [9.17, 15) is 0 Å². The van der Waals surface area contributed by atoms with E-state index in [0.29, 0.717) is 0 Å². The third-order valence-electron chi connectivity index (χ3n) is 11.8. The maximum Gasteiger partial charge on any atom is 0.0708 e. The summed E-state index contributed by atoms with van der Waals surface area (Å²) in [5.41, 5.74) is 5.96. The lowest BCUT2D eigenvalue weighted by atomic mass is 9.81. The molecule has 0 bridgehead atoms. The Morgan fingerprint density at radius 3 is 1.26 bits per heavy atom. The van der Waals surface area contributed by atoms with E-state index >= 15 is 0 Å². The van der Waals surface area contributed by atoms with Crippen molar-refractivity contribution in [1.82, 2.24) is 4.98 Å². The summed E-state index contributed by atoms with van der Waals surface area (Å²) in [7, 11) is 0. The fourth-order valence-corrected chi connectivity index (χ4v) is 9.53. The maximum atomic E-state index is 5.20. The molecule has 0 unspecified atom stereocenters. The van der Waals surface area contributed by atoms with E-state index in [2.05, 4.69) is 188 Å². The molecular formula is C53H31N. The van der Waals surface area contributed by atoms with Gasteiger partial charge >= 0.3 is 0 Å². The summed E-state index contributed by atoms with van der Waals surface area (Å²) in [5.74, 6) is 0. The molecule has 0 aliphatic rings. The second-order valence-electron chi connectivity index (χ2n) is 14.6. The number of hydrogen-bond donors (Lipinski definition) is 0. The Balaban J connectivity index is 1.36. The topological polar surface area (TPSA) is 12.9 Å². The number of hydrogen-bond acceptors (Lipinski definition) is 1. The minimum absolute atomic E-state index is 0.997. The Morgan fingerprint density at radius 2 is 0.685 bits per heavy atom. The van der Waals surface area contributed by atoms with Crippen molar-refractivity contribution >= 4 is 97.1 Å². The van der Waals surface area contributed by atoms with E-state index < -0.39 is 0 Å². The molecule has 248 valence electrons. The molecule has 0 saturated carbocycles. The van der Waals surface area contributed by atoms with Gasteiger partial charge in [0.25, 0.3) is 0 Å². The molecule has 0 fully saturated rings. The number of rotatable bonds is 2. The molecule has 1 aromatic heterocycles. The molecule has 0 N–H and O–H groups in total. The van der Waals surface area contributed by atoms with Crippen molar-refractivity contribution in [2.75, 3.05) is 0 Å². The zero-order valence-corrected chi connectivity index (χ0v) is 29.3. The fourth-order valence-electron chi connectivity index (χ4n) is 9.53. The normalized spacial score (nSPS) is 12.1. The highest BCUT2D eigenvalue weighted by molar-refractivity contribution is 6.35. The fraction of sp³-hybridized carbons (Fsp3) is 0. The third-order valence-corrected chi connectivity index (χ3v) is 11.8. The largest absolute Gasteiger partial charge is 0.256 e. The van der Waals surface area contributed by atoms with Crippen molar-refractivity contribution in [3.05, 3.63) is 188 Å². The molecule has 1 heteroatoms. The molecule has 0 aliphatic heterocycles. The van der Waals surface area contributed by atoms with Gasteiger partial charge in [0.2, 0.25) is 0 Å². The van der Waals surface area contributed by atoms with Gasteiger partial charge in [-0.1, -0.05) is 164 Å². The standard InChI is InChI=1S/C53H31N/c1-7-19-38-32(13-1)25-27-42-36-17-5-3-15-34(36)29-45(49(38)42)51-40-21-9-10-22-41(40)52(53-44-23-11-12-24-48(44)54-31-47(51)53)46-30-35-16-4-6-18-37(35)43-28-26-33-14-2-8-20-39(33)50(43)46/h1-31H. The minimum atomic E-state index is 0.997. The molecule has 0 spiro atoms. The van der Waals surface area contributed by atoms with Crippen LogP contribution in [-0.4, -0.2) is 4.98 Å². The van der Waals surface area contributed by atoms with Gasteiger partial charge in [0, 0.05) is 22.4 Å². The van der Waals surface area contributed by atoms with Gasteiger partial charge < -0.3 is 0 Å². The highest BCUT2D eigenvalue weighted by Crippen LogP contribution is 2.51. The van der Waals surface area contributed by atoms with E-state index in [1.54, 1.807) is 0 Å². The van der Waals surface area contributed by atoms with Crippen molar-refractivity contribution in [2.45, 2.75) is 0 Å². The second kappa shape index (κ2) is 11.2. The number of para-hydroxylation sites is 1. The van der Waals surface area contributed by atoms with Gasteiger partial charge in [-0.25, -0.2) is 0 Å². The van der Waals surface area contributed by atoms with Gasteiger partial charge in [-0.05, 0) is 116 Å². The lowest BCUT2D eigenvalue weighted by molar-refractivity contribution is 1.45. The zero-order valence-electron chi connectivity index (χ0n) is 29.3. The number of fused-ring (bicyclic) bond motifs is 14. The van der Waals surface area contributed by atoms with E-state index in [0.717, 1.165) is 16.3 Å². The molecule has 1 heterocycles. The molecular weight excluding hydrogens is 651 g/mol. The summed E-state index contributed by atoms with van der Waals surface area (Å²) in [6.45, 7) is 0. The van der Waals surface area contributed by atoms with Crippen LogP contribution in [0.1, 0.15) is 0 Å². The average Bonchev–Trinajstić information content (AvgIpc) is 3.24. The van der Waals surface area contributed by atoms with Crippen LogP contribution in [0.2, 0.25) is 0 Å². The van der Waals surface area contributed by atoms with Gasteiger partial charge in [-0.15, -0.1) is 0 Å². The smallest absolute Gasteiger partial charge is 0.0708 e. The summed E-state index contributed by atoms with van der Waals surface area (Å²) in [5, 5.41) is 21.1. The monoisotopic (exact) mass is 681 g/mol. The first-order valence-electron chi connectivity index (χ1n) is 18.7. The number of aromatic nitrogens is 1. The highest BCUT2D eigenvalue weighted by Gasteiger charge is 2.24. The Labute approximate surface area is 311 Å². The predicted octanol–water partition coefficient (Wildman–Crippen LogP) is 14.8. The lowest BCUT2D eigenvalue weighted by Gasteiger charge is -2.22. The molecule has 12 aromatic rings. The van der Waals surface area contributed by atoms with Gasteiger partial charge in [-0.3, -0.25) is 4.98 Å². The van der Waals surface area contributed by atoms with E-state index in [-0.39, 0.29) is 0 Å². The van der Waals surface area contributed by atoms with Crippen molar-refractivity contribution in [3.8, 4) is 22.3 Å². The number of pyridine rings is 1. The van der Waals surface area contributed by atoms with E-state index in [1.165, 1.54) is 103 Å². The van der Waals surface area contributed by atoms with Crippen LogP contribution in [0.4, 0.5) is 0 Å². The summed E-state index contributed by atoms with van der Waals surface area (Å²) in [6, 6.07) is 67.2. The SMILES string of the molecule is c1ccc2c(c1)cc(-c1c3ccccc3c(-c3cc4ccccc4c4ccc5ccccc5c34)c3c1cnc1ccccc13)c1c3ccccc3ccc21. The third kappa shape index (κ3) is 4.07. The van der Waals surface area contributed by atoms with Crippen LogP contribution < -0.4 is 0 Å². The van der Waals surface area contributed by atoms with Crippen LogP contribution >= 0.6 is 0 Å². The summed E-state index contributed by atoms with van der Waals surface area (Å²) in [6.07, 6.45) is 2.15. The van der Waals surface area contributed by atoms with Gasteiger partial charge in [0.1, 0.15) is 0 Å². The maximum absolute atomic E-state index is 5.20. The Hall–Kier alpha value is -7.09. The predicted molar refractivity (Wildman–Crippen MR) is 233 cm³/mol. The molecule has 0 saturated heterocycles. The summed E-state index contributed by atoms with van der Waals surface area (Å²) < 4.78 is 0. The van der Waals surface area contributed by atoms with Crippen molar-refractivity contribution in [3.63, 3.8) is 0 Å². The molecule has 0 amide bonds. The number of nitrogens with zero attached hydrogens (tertiary/aromatic N) is 1. The van der Waals surface area contributed by atoms with Crippen molar-refractivity contribution in [1.29, 1.82) is 0 Å². The van der Waals surface area contributed by atoms with Crippen LogP contribution in [0.25, 0.3) is 119 Å². The minimum Gasteiger partial charge on any atom is -0.256 e. The quantitative estimate of drug-likeness (QED) is 0.131. The first-order valence-corrected chi connectivity index (χ1v) is 18.7. The molecule has 12 rings (SSSR count). The second-order valence-corrected chi connectivity index (χ2v) is 14.6.